The fourth-order valence-corrected chi connectivity index (χ4v) is 3.01. The Bertz CT molecular complexity index is 313. The van der Waals surface area contributed by atoms with Gasteiger partial charge in [0.15, 0.2) is 0 Å². The van der Waals surface area contributed by atoms with Crippen LogP contribution in [0.15, 0.2) is 0 Å². The van der Waals surface area contributed by atoms with Crippen LogP contribution in [-0.2, 0) is 33.2 Å². The number of hydrogen-bond donors (Lipinski definition) is 0. The smallest absolute Gasteiger partial charge is 0.0462 e. The van der Waals surface area contributed by atoms with Crippen LogP contribution in [0.5, 0.6) is 0 Å². The molecule has 0 bridgehead atoms. The Morgan fingerprint density at radius 3 is 0.646 bits per heavy atom. The van der Waals surface area contributed by atoms with Crippen molar-refractivity contribution in [3.8, 4) is 0 Å². The molecule has 0 radical (unpaired) electrons. The van der Waals surface area contributed by atoms with E-state index < -0.39 is 0 Å². The van der Waals surface area contributed by atoms with Crippen molar-refractivity contribution in [3.63, 3.8) is 0 Å². The molecule has 304 valence electrons. The maximum absolute atomic E-state index is 4.92. The van der Waals surface area contributed by atoms with Gasteiger partial charge in [0.1, 0.15) is 0 Å². The molecule has 0 aromatic carbocycles. The fraction of sp³-hybridized carbons (Fsp3) is 1.00. The number of unbranched alkanes of at least 4 members (excludes halogenated alkanes) is 13. The van der Waals surface area contributed by atoms with E-state index in [2.05, 4.69) is 57.9 Å². The van der Waals surface area contributed by atoms with Crippen molar-refractivity contribution in [3.05, 3.63) is 0 Å². The van der Waals surface area contributed by atoms with Gasteiger partial charge in [-0.15, -0.1) is 0 Å². The summed E-state index contributed by atoms with van der Waals surface area (Å²) in [6, 6.07) is 0. The number of rotatable bonds is 24. The van der Waals surface area contributed by atoms with Crippen LogP contribution >= 0.6 is 0 Å². The highest BCUT2D eigenvalue weighted by molar-refractivity contribution is 4.40. The molecule has 0 rings (SSSR count). The van der Waals surface area contributed by atoms with Gasteiger partial charge in [-0.2, -0.15) is 0 Å². The molecule has 0 N–H and O–H groups in total. The molecule has 0 aromatic rings. The van der Waals surface area contributed by atoms with E-state index in [1.165, 1.54) is 116 Å². The van der Waals surface area contributed by atoms with Crippen molar-refractivity contribution >= 4 is 0 Å². The van der Waals surface area contributed by atoms with Crippen LogP contribution in [0.3, 0.4) is 0 Å². The second-order valence-electron chi connectivity index (χ2n) is 11.2. The SMILES string of the molecule is CCCCCC.CCCCCCCOC.CCCCCCOC.CCCCCOC.CCCCOC.CCCOC.CCOC.COC. The van der Waals surface area contributed by atoms with Gasteiger partial charge >= 0.3 is 0 Å². The highest BCUT2D eigenvalue weighted by atomic mass is 16.5. The van der Waals surface area contributed by atoms with E-state index in [9.17, 15) is 0 Å². The van der Waals surface area contributed by atoms with Crippen LogP contribution < -0.4 is 0 Å². The highest BCUT2D eigenvalue weighted by Gasteiger charge is 1.86. The molecular weight excluding hydrogens is 604 g/mol. The minimum Gasteiger partial charge on any atom is -0.388 e. The summed E-state index contributed by atoms with van der Waals surface area (Å²) in [4.78, 5) is 0. The lowest BCUT2D eigenvalue weighted by atomic mass is 10.2. The van der Waals surface area contributed by atoms with Crippen LogP contribution in [0.25, 0.3) is 0 Å². The average molecular weight is 703 g/mol. The molecule has 7 nitrogen and oxygen atoms in total. The van der Waals surface area contributed by atoms with Gasteiger partial charge < -0.3 is 33.2 Å². The van der Waals surface area contributed by atoms with E-state index >= 15 is 0 Å². The Kier molecular flexibility index (Phi) is 134. The summed E-state index contributed by atoms with van der Waals surface area (Å²) >= 11 is 0. The van der Waals surface area contributed by atoms with E-state index in [4.69, 9.17) is 23.7 Å². The molecule has 0 aliphatic heterocycles. The lowest BCUT2D eigenvalue weighted by Crippen LogP contribution is -1.87. The Morgan fingerprint density at radius 1 is 0.229 bits per heavy atom. The minimum atomic E-state index is 0.819. The number of methoxy groups -OCH3 is 7. The summed E-state index contributed by atoms with van der Waals surface area (Å²) in [5.41, 5.74) is 0. The van der Waals surface area contributed by atoms with Gasteiger partial charge in [0.05, 0.1) is 0 Å². The lowest BCUT2D eigenvalue weighted by Gasteiger charge is -1.97. The van der Waals surface area contributed by atoms with Gasteiger partial charge in [-0.05, 0) is 39.0 Å². The first-order valence-electron chi connectivity index (χ1n) is 19.7. The molecule has 0 unspecified atom stereocenters. The zero-order valence-electron chi connectivity index (χ0n) is 36.5. The zero-order chi connectivity index (χ0) is 38.6. The quantitative estimate of drug-likeness (QED) is 0.0928. The summed E-state index contributed by atoms with van der Waals surface area (Å²) in [6.07, 6.45) is 24.7. The third kappa shape index (κ3) is 163. The summed E-state index contributed by atoms with van der Waals surface area (Å²) in [5, 5.41) is 0. The Morgan fingerprint density at radius 2 is 0.438 bits per heavy atom. The van der Waals surface area contributed by atoms with Gasteiger partial charge in [-0.25, -0.2) is 0 Å². The van der Waals surface area contributed by atoms with Gasteiger partial charge in [0.2, 0.25) is 0 Å². The summed E-state index contributed by atoms with van der Waals surface area (Å²) < 4.78 is 32.9. The summed E-state index contributed by atoms with van der Waals surface area (Å²) in [6.45, 7) is 22.7. The Balaban J connectivity index is -0.0000000647. The molecule has 0 amide bonds. The van der Waals surface area contributed by atoms with Gasteiger partial charge in [0, 0.05) is 96.5 Å². The maximum atomic E-state index is 4.92. The third-order valence-electron chi connectivity index (χ3n) is 5.96. The van der Waals surface area contributed by atoms with Crippen LogP contribution in [0.4, 0.5) is 0 Å². The Labute approximate surface area is 306 Å². The van der Waals surface area contributed by atoms with Crippen molar-refractivity contribution in [2.75, 3.05) is 96.5 Å². The lowest BCUT2D eigenvalue weighted by molar-refractivity contribution is 0.192. The fourth-order valence-electron chi connectivity index (χ4n) is 3.01. The molecule has 0 atom stereocenters. The standard InChI is InChI=1S/C8H18O.C7H16O.C6H14O.C6H14.C5H12O.C4H10O.C3H8O.C2H6O/c1-3-4-5-6-7-8-9-2;1-3-4-5-6-7-8-2;1-3-4-5-6-7-2;1-3-5-6-4-2;1-3-4-5-6-2;1-3-4-5-2;1-3-4-2;1-3-2/h3-8H2,1-2H3;3-7H2,1-2H3;3-6H2,1-2H3;3-6H2,1-2H3;3-5H2,1-2H3;3-4H2,1-2H3;3H2,1-2H3;1-2H3. The normalized spacial score (nSPS) is 9.00. The zero-order valence-corrected chi connectivity index (χ0v) is 36.5. The van der Waals surface area contributed by atoms with Gasteiger partial charge in [0.25, 0.3) is 0 Å². The molecule has 0 fully saturated rings. The van der Waals surface area contributed by atoms with E-state index in [1.54, 1.807) is 56.9 Å². The van der Waals surface area contributed by atoms with Crippen molar-refractivity contribution in [1.82, 2.24) is 0 Å². The van der Waals surface area contributed by atoms with Crippen LogP contribution in [-0.4, -0.2) is 96.5 Å². The molecule has 0 saturated heterocycles. The first kappa shape index (κ1) is 66.0. The largest absolute Gasteiger partial charge is 0.388 e. The molecule has 48 heavy (non-hydrogen) atoms. The highest BCUT2D eigenvalue weighted by Crippen LogP contribution is 2.01. The van der Waals surface area contributed by atoms with Gasteiger partial charge in [-0.1, -0.05) is 138 Å². The van der Waals surface area contributed by atoms with Crippen LogP contribution in [0.2, 0.25) is 0 Å². The second-order valence-corrected chi connectivity index (χ2v) is 11.2. The second kappa shape index (κ2) is 97.1. The van der Waals surface area contributed by atoms with Crippen molar-refractivity contribution in [1.29, 1.82) is 0 Å². The molecular formula is C41H98O7. The van der Waals surface area contributed by atoms with E-state index in [0.717, 1.165) is 46.1 Å². The first-order valence-corrected chi connectivity index (χ1v) is 19.7. The molecule has 0 aliphatic carbocycles. The van der Waals surface area contributed by atoms with Crippen molar-refractivity contribution in [2.45, 2.75) is 177 Å². The third-order valence-corrected chi connectivity index (χ3v) is 5.96. The van der Waals surface area contributed by atoms with Gasteiger partial charge in [-0.3, -0.25) is 0 Å². The molecule has 7 heteroatoms. The number of ether oxygens (including phenoxy) is 7. The van der Waals surface area contributed by atoms with Crippen molar-refractivity contribution < 1.29 is 33.2 Å². The first-order chi connectivity index (χ1) is 23.3. The predicted octanol–water partition coefficient (Wildman–Crippen LogP) is 12.6. The monoisotopic (exact) mass is 703 g/mol. The molecule has 0 aromatic heterocycles. The van der Waals surface area contributed by atoms with E-state index in [-0.39, 0.29) is 0 Å². The average Bonchev–Trinajstić information content (AvgIpc) is 3.11. The van der Waals surface area contributed by atoms with Crippen LogP contribution in [0.1, 0.15) is 177 Å². The van der Waals surface area contributed by atoms with E-state index in [0.29, 0.717) is 0 Å². The summed E-state index contributed by atoms with van der Waals surface area (Å²) in [7, 11) is 13.6. The van der Waals surface area contributed by atoms with Crippen LogP contribution in [0, 0.1) is 0 Å². The predicted molar refractivity (Wildman–Crippen MR) is 217 cm³/mol. The topological polar surface area (TPSA) is 64.6 Å². The molecule has 0 aliphatic rings. The number of hydrogen-bond acceptors (Lipinski definition) is 7. The van der Waals surface area contributed by atoms with E-state index in [1.807, 2.05) is 6.92 Å². The summed E-state index contributed by atoms with van der Waals surface area (Å²) in [5.74, 6) is 0. The van der Waals surface area contributed by atoms with Crippen molar-refractivity contribution in [2.24, 2.45) is 0 Å². The molecule has 0 heterocycles. The Hall–Kier alpha value is -0.280. The molecule has 0 saturated carbocycles. The minimum absolute atomic E-state index is 0.819. The molecule has 0 spiro atoms. The maximum Gasteiger partial charge on any atom is 0.0462 e.